The summed E-state index contributed by atoms with van der Waals surface area (Å²) in [4.78, 5) is 0. The summed E-state index contributed by atoms with van der Waals surface area (Å²) in [6.07, 6.45) is 5.69. The molecule has 0 heterocycles. The smallest absolute Gasteiger partial charge is 0.0576 e. The number of rotatable bonds is 10. The molecule has 2 nitrogen and oxygen atoms in total. The van der Waals surface area contributed by atoms with Gasteiger partial charge < -0.3 is 10.4 Å². The van der Waals surface area contributed by atoms with Gasteiger partial charge in [-0.15, -0.1) is 0 Å². The number of aliphatic hydroxyl groups excluding tert-OH is 1. The summed E-state index contributed by atoms with van der Waals surface area (Å²) in [5, 5.41) is 12.5. The van der Waals surface area contributed by atoms with E-state index >= 15 is 0 Å². The third kappa shape index (κ3) is 5.63. The predicted molar refractivity (Wildman–Crippen MR) is 92.9 cm³/mol. The van der Waals surface area contributed by atoms with E-state index < -0.39 is 0 Å². The molecule has 0 amide bonds. The first kappa shape index (κ1) is 16.7. The van der Waals surface area contributed by atoms with Crippen LogP contribution < -0.4 is 5.32 Å². The van der Waals surface area contributed by atoms with E-state index in [0.29, 0.717) is 6.61 Å². The average molecular weight is 297 g/mol. The summed E-state index contributed by atoms with van der Waals surface area (Å²) in [7, 11) is 0. The van der Waals surface area contributed by atoms with Gasteiger partial charge in [-0.3, -0.25) is 0 Å². The number of nitrogens with one attached hydrogen (secondary N) is 1. The predicted octanol–water partition coefficient (Wildman–Crippen LogP) is 4.31. The third-order valence-corrected chi connectivity index (χ3v) is 3.95. The lowest BCUT2D eigenvalue weighted by atomic mass is 9.98. The fourth-order valence-corrected chi connectivity index (χ4v) is 2.73. The highest BCUT2D eigenvalue weighted by Gasteiger charge is 2.12. The third-order valence-electron chi connectivity index (χ3n) is 3.95. The standard InChI is InChI=1S/C20H27NO/c22-17-11-3-1-2-10-16-21-20(18-12-6-4-7-13-18)19-14-8-5-9-15-19/h4-9,12-15,20-22H,1-3,10-11,16-17H2. The van der Waals surface area contributed by atoms with E-state index in [4.69, 9.17) is 5.11 Å². The molecule has 2 rings (SSSR count). The summed E-state index contributed by atoms with van der Waals surface area (Å²) in [5.74, 6) is 0. The van der Waals surface area contributed by atoms with Crippen molar-refractivity contribution in [2.24, 2.45) is 0 Å². The molecule has 118 valence electrons. The molecule has 0 saturated heterocycles. The van der Waals surface area contributed by atoms with Crippen molar-refractivity contribution >= 4 is 0 Å². The molecular formula is C20H27NO. The summed E-state index contributed by atoms with van der Waals surface area (Å²) < 4.78 is 0. The molecule has 2 N–H and O–H groups in total. The molecule has 0 spiro atoms. The van der Waals surface area contributed by atoms with Crippen LogP contribution in [0, 0.1) is 0 Å². The van der Waals surface area contributed by atoms with Crippen molar-refractivity contribution in [1.82, 2.24) is 5.32 Å². The van der Waals surface area contributed by atoms with Crippen LogP contribution in [-0.4, -0.2) is 18.3 Å². The van der Waals surface area contributed by atoms with Crippen LogP contribution in [0.4, 0.5) is 0 Å². The van der Waals surface area contributed by atoms with Crippen molar-refractivity contribution in [3.8, 4) is 0 Å². The van der Waals surface area contributed by atoms with Gasteiger partial charge in [-0.1, -0.05) is 79.9 Å². The minimum atomic E-state index is 0.264. The largest absolute Gasteiger partial charge is 0.396 e. The Kier molecular flexibility index (Phi) is 7.71. The van der Waals surface area contributed by atoms with Crippen LogP contribution in [0.5, 0.6) is 0 Å². The van der Waals surface area contributed by atoms with Crippen LogP contribution in [0.3, 0.4) is 0 Å². The summed E-state index contributed by atoms with van der Waals surface area (Å²) in [6, 6.07) is 21.5. The topological polar surface area (TPSA) is 32.3 Å². The fourth-order valence-electron chi connectivity index (χ4n) is 2.73. The molecule has 0 aromatic heterocycles. The highest BCUT2D eigenvalue weighted by molar-refractivity contribution is 5.31. The van der Waals surface area contributed by atoms with Crippen LogP contribution >= 0.6 is 0 Å². The molecule has 0 unspecified atom stereocenters. The number of benzene rings is 2. The van der Waals surface area contributed by atoms with Gasteiger partial charge in [0.05, 0.1) is 6.04 Å². The molecule has 0 radical (unpaired) electrons. The maximum atomic E-state index is 8.78. The van der Waals surface area contributed by atoms with Gasteiger partial charge in [-0.05, 0) is 30.5 Å². The molecule has 0 aliphatic carbocycles. The van der Waals surface area contributed by atoms with Crippen molar-refractivity contribution in [3.05, 3.63) is 71.8 Å². The molecule has 0 atom stereocenters. The molecule has 0 bridgehead atoms. The zero-order chi connectivity index (χ0) is 15.5. The minimum absolute atomic E-state index is 0.264. The fraction of sp³-hybridized carbons (Fsp3) is 0.400. The Balaban J connectivity index is 1.87. The molecular weight excluding hydrogens is 270 g/mol. The van der Waals surface area contributed by atoms with Crippen LogP contribution in [-0.2, 0) is 0 Å². The highest BCUT2D eigenvalue weighted by atomic mass is 16.2. The Morgan fingerprint density at radius 3 is 1.73 bits per heavy atom. The first-order valence-corrected chi connectivity index (χ1v) is 8.36. The number of hydrogen-bond donors (Lipinski definition) is 2. The van der Waals surface area contributed by atoms with Gasteiger partial charge in [0, 0.05) is 6.61 Å². The normalized spacial score (nSPS) is 11.0. The van der Waals surface area contributed by atoms with Gasteiger partial charge in [0.2, 0.25) is 0 Å². The van der Waals surface area contributed by atoms with Crippen molar-refractivity contribution in [2.45, 2.75) is 38.1 Å². The molecule has 0 fully saturated rings. The first-order valence-electron chi connectivity index (χ1n) is 8.36. The van der Waals surface area contributed by atoms with E-state index in [-0.39, 0.29) is 6.04 Å². The molecule has 22 heavy (non-hydrogen) atoms. The molecule has 0 aliphatic rings. The Morgan fingerprint density at radius 1 is 0.682 bits per heavy atom. The Hall–Kier alpha value is -1.64. The number of unbranched alkanes of at least 4 members (excludes halogenated alkanes) is 4. The van der Waals surface area contributed by atoms with Gasteiger partial charge in [0.1, 0.15) is 0 Å². The molecule has 2 heteroatoms. The maximum Gasteiger partial charge on any atom is 0.0576 e. The zero-order valence-electron chi connectivity index (χ0n) is 13.2. The van der Waals surface area contributed by atoms with Crippen molar-refractivity contribution < 1.29 is 5.11 Å². The van der Waals surface area contributed by atoms with E-state index in [0.717, 1.165) is 19.4 Å². The minimum Gasteiger partial charge on any atom is -0.396 e. The van der Waals surface area contributed by atoms with Gasteiger partial charge in [-0.2, -0.15) is 0 Å². The Morgan fingerprint density at radius 2 is 1.18 bits per heavy atom. The van der Waals surface area contributed by atoms with Gasteiger partial charge in [0.25, 0.3) is 0 Å². The van der Waals surface area contributed by atoms with Crippen LogP contribution in [0.1, 0.15) is 49.3 Å². The van der Waals surface area contributed by atoms with Crippen LogP contribution in [0.2, 0.25) is 0 Å². The molecule has 2 aromatic carbocycles. The van der Waals surface area contributed by atoms with Crippen LogP contribution in [0.25, 0.3) is 0 Å². The average Bonchev–Trinajstić information content (AvgIpc) is 2.59. The van der Waals surface area contributed by atoms with Crippen molar-refractivity contribution in [1.29, 1.82) is 0 Å². The second-order valence-corrected chi connectivity index (χ2v) is 5.70. The van der Waals surface area contributed by atoms with E-state index in [1.165, 1.54) is 30.4 Å². The second kappa shape index (κ2) is 10.1. The maximum absolute atomic E-state index is 8.78. The molecule has 2 aromatic rings. The lowest BCUT2D eigenvalue weighted by Crippen LogP contribution is -2.23. The number of aliphatic hydroxyl groups is 1. The van der Waals surface area contributed by atoms with Gasteiger partial charge in [-0.25, -0.2) is 0 Å². The van der Waals surface area contributed by atoms with E-state index in [9.17, 15) is 0 Å². The first-order chi connectivity index (χ1) is 10.9. The molecule has 0 aliphatic heterocycles. The van der Waals surface area contributed by atoms with Crippen molar-refractivity contribution in [3.63, 3.8) is 0 Å². The highest BCUT2D eigenvalue weighted by Crippen LogP contribution is 2.21. The quantitative estimate of drug-likeness (QED) is 0.641. The SMILES string of the molecule is OCCCCCCCNC(c1ccccc1)c1ccccc1. The Labute approximate surface area is 134 Å². The van der Waals surface area contributed by atoms with E-state index in [1.54, 1.807) is 0 Å². The summed E-state index contributed by atoms with van der Waals surface area (Å²) in [6.45, 7) is 1.34. The zero-order valence-corrected chi connectivity index (χ0v) is 13.2. The van der Waals surface area contributed by atoms with Crippen molar-refractivity contribution in [2.75, 3.05) is 13.2 Å². The lowest BCUT2D eigenvalue weighted by Gasteiger charge is -2.20. The summed E-state index contributed by atoms with van der Waals surface area (Å²) in [5.41, 5.74) is 2.63. The lowest BCUT2D eigenvalue weighted by molar-refractivity contribution is 0.282. The monoisotopic (exact) mass is 297 g/mol. The van der Waals surface area contributed by atoms with Gasteiger partial charge >= 0.3 is 0 Å². The van der Waals surface area contributed by atoms with E-state index in [2.05, 4.69) is 66.0 Å². The van der Waals surface area contributed by atoms with E-state index in [1.807, 2.05) is 0 Å². The number of hydrogen-bond acceptors (Lipinski definition) is 2. The second-order valence-electron chi connectivity index (χ2n) is 5.70. The van der Waals surface area contributed by atoms with Gasteiger partial charge in [0.15, 0.2) is 0 Å². The molecule has 0 saturated carbocycles. The van der Waals surface area contributed by atoms with Crippen LogP contribution in [0.15, 0.2) is 60.7 Å². The Bertz CT molecular complexity index is 458. The summed E-state index contributed by atoms with van der Waals surface area (Å²) >= 11 is 0.